The zero-order valence-electron chi connectivity index (χ0n) is 16.5. The predicted octanol–water partition coefficient (Wildman–Crippen LogP) is 2.86. The molecule has 0 bridgehead atoms. The van der Waals surface area contributed by atoms with Crippen molar-refractivity contribution in [2.45, 2.75) is 19.9 Å². The van der Waals surface area contributed by atoms with Crippen LogP contribution < -0.4 is 24.3 Å². The lowest BCUT2D eigenvalue weighted by Gasteiger charge is -2.15. The molecular weight excluding hydrogens is 378 g/mol. The third-order valence-electron chi connectivity index (χ3n) is 4.31. The molecule has 2 aromatic carbocycles. The van der Waals surface area contributed by atoms with Crippen molar-refractivity contribution < 1.29 is 33.3 Å². The summed E-state index contributed by atoms with van der Waals surface area (Å²) in [4.78, 5) is 24.4. The number of benzene rings is 2. The van der Waals surface area contributed by atoms with Crippen molar-refractivity contribution in [3.8, 4) is 23.0 Å². The van der Waals surface area contributed by atoms with Gasteiger partial charge in [0.25, 0.3) is 5.91 Å². The van der Waals surface area contributed by atoms with Crippen molar-refractivity contribution >= 4 is 11.9 Å². The van der Waals surface area contributed by atoms with Crippen molar-refractivity contribution in [3.63, 3.8) is 0 Å². The standard InChI is InChI=1S/C21H23NO7/c1-4-26-18-10-15(6-7-16(18)25-3)21(24)27-11-20(23)22-13(2)14-5-8-17-19(9-14)29-12-28-17/h5-10,13H,4,11-12H2,1-3H3,(H,22,23)/t13-/m0/s1. The van der Waals surface area contributed by atoms with Gasteiger partial charge in [-0.25, -0.2) is 4.79 Å². The van der Waals surface area contributed by atoms with Crippen LogP contribution in [0.3, 0.4) is 0 Å². The summed E-state index contributed by atoms with van der Waals surface area (Å²) < 4.78 is 26.4. The SMILES string of the molecule is CCOc1cc(C(=O)OCC(=O)N[C@@H](C)c2ccc3c(c2)OCO3)ccc1OC. The number of carbonyl (C=O) groups is 2. The largest absolute Gasteiger partial charge is 0.493 e. The fourth-order valence-corrected chi connectivity index (χ4v) is 2.84. The Hall–Kier alpha value is -3.42. The zero-order chi connectivity index (χ0) is 20.8. The van der Waals surface area contributed by atoms with Crippen LogP contribution in [0.25, 0.3) is 0 Å². The van der Waals surface area contributed by atoms with Crippen molar-refractivity contribution in [3.05, 3.63) is 47.5 Å². The minimum absolute atomic E-state index is 0.186. The van der Waals surface area contributed by atoms with E-state index >= 15 is 0 Å². The lowest BCUT2D eigenvalue weighted by atomic mass is 10.1. The molecule has 1 atom stereocenters. The molecule has 0 radical (unpaired) electrons. The van der Waals surface area contributed by atoms with E-state index in [0.29, 0.717) is 29.6 Å². The number of methoxy groups -OCH3 is 1. The van der Waals surface area contributed by atoms with E-state index in [1.54, 1.807) is 18.2 Å². The van der Waals surface area contributed by atoms with E-state index in [-0.39, 0.29) is 18.4 Å². The van der Waals surface area contributed by atoms with Gasteiger partial charge < -0.3 is 29.0 Å². The number of esters is 1. The molecule has 8 heteroatoms. The molecular formula is C21H23NO7. The van der Waals surface area contributed by atoms with Crippen molar-refractivity contribution in [2.75, 3.05) is 27.1 Å². The highest BCUT2D eigenvalue weighted by Crippen LogP contribution is 2.34. The number of nitrogens with one attached hydrogen (secondary N) is 1. The van der Waals surface area contributed by atoms with Gasteiger partial charge in [0.2, 0.25) is 6.79 Å². The minimum Gasteiger partial charge on any atom is -0.493 e. The summed E-state index contributed by atoms with van der Waals surface area (Å²) in [5, 5.41) is 2.79. The van der Waals surface area contributed by atoms with Crippen LogP contribution in [0.5, 0.6) is 23.0 Å². The Labute approximate surface area is 168 Å². The second-order valence-corrected chi connectivity index (χ2v) is 6.28. The predicted molar refractivity (Wildman–Crippen MR) is 104 cm³/mol. The topological polar surface area (TPSA) is 92.3 Å². The first-order valence-corrected chi connectivity index (χ1v) is 9.18. The molecule has 2 aromatic rings. The van der Waals surface area contributed by atoms with Crippen LogP contribution in [0, 0.1) is 0 Å². The molecule has 1 heterocycles. The summed E-state index contributed by atoms with van der Waals surface area (Å²) >= 11 is 0. The van der Waals surface area contributed by atoms with Crippen molar-refractivity contribution in [1.29, 1.82) is 0 Å². The van der Waals surface area contributed by atoms with Crippen LogP contribution in [0.15, 0.2) is 36.4 Å². The highest BCUT2D eigenvalue weighted by atomic mass is 16.7. The molecule has 0 fully saturated rings. The smallest absolute Gasteiger partial charge is 0.338 e. The molecule has 1 aliphatic rings. The van der Waals surface area contributed by atoms with Crippen LogP contribution in [0.1, 0.15) is 35.8 Å². The van der Waals surface area contributed by atoms with E-state index < -0.39 is 18.5 Å². The highest BCUT2D eigenvalue weighted by Gasteiger charge is 2.18. The van der Waals surface area contributed by atoms with Crippen LogP contribution in [0.4, 0.5) is 0 Å². The Morgan fingerprint density at radius 3 is 2.66 bits per heavy atom. The van der Waals surface area contributed by atoms with Gasteiger partial charge in [-0.3, -0.25) is 4.79 Å². The Bertz CT molecular complexity index is 897. The van der Waals surface area contributed by atoms with Crippen LogP contribution >= 0.6 is 0 Å². The molecule has 8 nitrogen and oxygen atoms in total. The molecule has 0 saturated carbocycles. The molecule has 0 aromatic heterocycles. The maximum Gasteiger partial charge on any atom is 0.338 e. The fraction of sp³-hybridized carbons (Fsp3) is 0.333. The molecule has 1 aliphatic heterocycles. The first-order valence-electron chi connectivity index (χ1n) is 9.18. The van der Waals surface area contributed by atoms with E-state index in [0.717, 1.165) is 5.56 Å². The lowest BCUT2D eigenvalue weighted by molar-refractivity contribution is -0.124. The van der Waals surface area contributed by atoms with Crippen LogP contribution in [0.2, 0.25) is 0 Å². The first kappa shape index (κ1) is 20.3. The van der Waals surface area contributed by atoms with Crippen LogP contribution in [-0.2, 0) is 9.53 Å². The molecule has 3 rings (SSSR count). The average molecular weight is 401 g/mol. The second-order valence-electron chi connectivity index (χ2n) is 6.28. The quantitative estimate of drug-likeness (QED) is 0.680. The lowest BCUT2D eigenvalue weighted by Crippen LogP contribution is -2.31. The van der Waals surface area contributed by atoms with Crippen molar-refractivity contribution in [1.82, 2.24) is 5.32 Å². The number of amides is 1. The van der Waals surface area contributed by atoms with E-state index in [1.165, 1.54) is 13.2 Å². The van der Waals surface area contributed by atoms with E-state index in [2.05, 4.69) is 5.32 Å². The summed E-state index contributed by atoms with van der Waals surface area (Å²) in [5.41, 5.74) is 1.12. The number of ether oxygens (including phenoxy) is 5. The van der Waals surface area contributed by atoms with Gasteiger partial charge in [-0.2, -0.15) is 0 Å². The molecule has 0 aliphatic carbocycles. The summed E-state index contributed by atoms with van der Waals surface area (Å²) in [6.07, 6.45) is 0. The van der Waals surface area contributed by atoms with Crippen molar-refractivity contribution in [2.24, 2.45) is 0 Å². The number of carbonyl (C=O) groups excluding carboxylic acids is 2. The summed E-state index contributed by atoms with van der Waals surface area (Å²) in [7, 11) is 1.52. The minimum atomic E-state index is -0.625. The maximum atomic E-state index is 12.3. The van der Waals surface area contributed by atoms with Gasteiger partial charge in [-0.15, -0.1) is 0 Å². The highest BCUT2D eigenvalue weighted by molar-refractivity contribution is 5.92. The van der Waals surface area contributed by atoms with Gasteiger partial charge in [-0.1, -0.05) is 6.07 Å². The molecule has 1 amide bonds. The number of fused-ring (bicyclic) bond motifs is 1. The van der Waals surface area contributed by atoms with Gasteiger partial charge in [-0.05, 0) is 49.7 Å². The molecule has 0 saturated heterocycles. The molecule has 0 unspecified atom stereocenters. The Balaban J connectivity index is 1.54. The average Bonchev–Trinajstić information content (AvgIpc) is 3.20. The summed E-state index contributed by atoms with van der Waals surface area (Å²) in [6, 6.07) is 9.85. The summed E-state index contributed by atoms with van der Waals surface area (Å²) in [6.45, 7) is 3.87. The number of hydrogen-bond acceptors (Lipinski definition) is 7. The monoisotopic (exact) mass is 401 g/mol. The van der Waals surface area contributed by atoms with Crippen LogP contribution in [-0.4, -0.2) is 39.0 Å². The first-order chi connectivity index (χ1) is 14.0. The van der Waals surface area contributed by atoms with Gasteiger partial charge in [0, 0.05) is 0 Å². The Morgan fingerprint density at radius 2 is 1.90 bits per heavy atom. The second kappa shape index (κ2) is 9.18. The molecule has 29 heavy (non-hydrogen) atoms. The zero-order valence-corrected chi connectivity index (χ0v) is 16.5. The van der Waals surface area contributed by atoms with E-state index in [9.17, 15) is 9.59 Å². The van der Waals surface area contributed by atoms with Gasteiger partial charge in [0.1, 0.15) is 0 Å². The molecule has 1 N–H and O–H groups in total. The summed E-state index contributed by atoms with van der Waals surface area (Å²) in [5.74, 6) is 1.22. The Kier molecular flexibility index (Phi) is 6.43. The van der Waals surface area contributed by atoms with E-state index in [4.69, 9.17) is 23.7 Å². The normalized spacial score (nSPS) is 12.8. The van der Waals surface area contributed by atoms with Gasteiger partial charge in [0.05, 0.1) is 25.3 Å². The Morgan fingerprint density at radius 1 is 1.10 bits per heavy atom. The number of hydrogen-bond donors (Lipinski definition) is 1. The molecule has 154 valence electrons. The third-order valence-corrected chi connectivity index (χ3v) is 4.31. The third kappa shape index (κ3) is 4.90. The fourth-order valence-electron chi connectivity index (χ4n) is 2.84. The number of rotatable bonds is 8. The van der Waals surface area contributed by atoms with Gasteiger partial charge in [0.15, 0.2) is 29.6 Å². The van der Waals surface area contributed by atoms with E-state index in [1.807, 2.05) is 26.0 Å². The maximum absolute atomic E-state index is 12.3. The molecule has 0 spiro atoms. The van der Waals surface area contributed by atoms with Gasteiger partial charge >= 0.3 is 5.97 Å².